The molecule has 4 rings (SSSR count). The summed E-state index contributed by atoms with van der Waals surface area (Å²) in [6.07, 6.45) is 8.38. The molecule has 0 aromatic heterocycles. The van der Waals surface area contributed by atoms with Crippen molar-refractivity contribution >= 4 is 17.9 Å². The lowest BCUT2D eigenvalue weighted by atomic mass is 9.46. The molecule has 0 aromatic carbocycles. The van der Waals surface area contributed by atoms with Gasteiger partial charge in [0.05, 0.1) is 0 Å². The van der Waals surface area contributed by atoms with Crippen LogP contribution in [-0.4, -0.2) is 47.4 Å². The van der Waals surface area contributed by atoms with Crippen molar-refractivity contribution in [2.24, 2.45) is 28.6 Å². The third kappa shape index (κ3) is 4.08. The Morgan fingerprint density at radius 2 is 1.71 bits per heavy atom. The van der Waals surface area contributed by atoms with Gasteiger partial charge in [-0.2, -0.15) is 0 Å². The number of ether oxygens (including phenoxy) is 3. The highest BCUT2D eigenvalue weighted by atomic mass is 16.6. The van der Waals surface area contributed by atoms with Gasteiger partial charge in [-0.3, -0.25) is 14.4 Å². The van der Waals surface area contributed by atoms with Gasteiger partial charge in [-0.25, -0.2) is 0 Å². The zero-order valence-electron chi connectivity index (χ0n) is 21.2. The van der Waals surface area contributed by atoms with Crippen molar-refractivity contribution in [1.29, 1.82) is 0 Å². The second kappa shape index (κ2) is 8.96. The van der Waals surface area contributed by atoms with Crippen LogP contribution in [0.25, 0.3) is 0 Å². The van der Waals surface area contributed by atoms with E-state index in [9.17, 15) is 19.5 Å². The normalized spacial score (nSPS) is 41.8. The molecule has 3 fully saturated rings. The fraction of sp³-hybridized carbons (Fsp3) is 0.815. The van der Waals surface area contributed by atoms with Gasteiger partial charge in [0.2, 0.25) is 0 Å². The molecule has 0 spiro atoms. The summed E-state index contributed by atoms with van der Waals surface area (Å²) in [5.41, 5.74) is -0.141. The topological polar surface area (TPSA) is 99.1 Å². The first kappa shape index (κ1) is 25.2. The summed E-state index contributed by atoms with van der Waals surface area (Å²) in [7, 11) is 0. The first-order valence-corrected chi connectivity index (χ1v) is 12.8. The predicted octanol–water partition coefficient (Wildman–Crippen LogP) is 4.11. The second-order valence-electron chi connectivity index (χ2n) is 11.6. The van der Waals surface area contributed by atoms with E-state index in [1.165, 1.54) is 26.3 Å². The summed E-state index contributed by atoms with van der Waals surface area (Å²) < 4.78 is 16.3. The number of rotatable bonds is 5. The van der Waals surface area contributed by atoms with E-state index in [1.54, 1.807) is 0 Å². The predicted molar refractivity (Wildman–Crippen MR) is 124 cm³/mol. The van der Waals surface area contributed by atoms with Crippen LogP contribution in [0.5, 0.6) is 0 Å². The summed E-state index contributed by atoms with van der Waals surface area (Å²) in [5.74, 6) is 0.121. The minimum absolute atomic E-state index is 0.0235. The van der Waals surface area contributed by atoms with Crippen LogP contribution in [0.1, 0.15) is 86.0 Å². The van der Waals surface area contributed by atoms with Gasteiger partial charge in [-0.05, 0) is 68.1 Å². The molecule has 0 bridgehead atoms. The Morgan fingerprint density at radius 1 is 1.00 bits per heavy atom. The van der Waals surface area contributed by atoms with E-state index in [0.717, 1.165) is 44.9 Å². The molecule has 0 radical (unpaired) electrons. The lowest BCUT2D eigenvalue weighted by Gasteiger charge is -2.59. The summed E-state index contributed by atoms with van der Waals surface area (Å²) >= 11 is 0. The van der Waals surface area contributed by atoms with Gasteiger partial charge in [-0.15, -0.1) is 0 Å². The molecule has 7 heteroatoms. The van der Waals surface area contributed by atoms with Crippen molar-refractivity contribution in [3.05, 3.63) is 11.6 Å². The summed E-state index contributed by atoms with van der Waals surface area (Å²) in [6, 6.07) is 0. The Labute approximate surface area is 202 Å². The first-order chi connectivity index (χ1) is 15.9. The van der Waals surface area contributed by atoms with Crippen molar-refractivity contribution in [3.8, 4) is 0 Å². The van der Waals surface area contributed by atoms with Gasteiger partial charge in [0.15, 0.2) is 6.10 Å². The fourth-order valence-electron chi connectivity index (χ4n) is 8.21. The molecule has 7 nitrogen and oxygen atoms in total. The van der Waals surface area contributed by atoms with E-state index in [4.69, 9.17) is 14.2 Å². The monoisotopic (exact) mass is 476 g/mol. The van der Waals surface area contributed by atoms with E-state index < -0.39 is 29.1 Å². The van der Waals surface area contributed by atoms with Gasteiger partial charge in [0, 0.05) is 32.6 Å². The lowest BCUT2D eigenvalue weighted by Crippen LogP contribution is -2.60. The molecule has 0 aromatic rings. The smallest absolute Gasteiger partial charge is 0.303 e. The van der Waals surface area contributed by atoms with Crippen molar-refractivity contribution in [1.82, 2.24) is 0 Å². The van der Waals surface area contributed by atoms with Crippen molar-refractivity contribution in [2.45, 2.75) is 104 Å². The number of carbonyl (C=O) groups excluding carboxylic acids is 3. The Morgan fingerprint density at radius 3 is 2.35 bits per heavy atom. The molecule has 0 heterocycles. The Kier molecular flexibility index (Phi) is 6.64. The summed E-state index contributed by atoms with van der Waals surface area (Å²) in [5, 5.41) is 12.0. The molecule has 0 amide bonds. The SMILES string of the molecule is CC(=O)OCC(OC(C)=O)C1(O)CCC2C3CC=C4CC(OC(C)=O)CCC4(C)C3CCC21C. The van der Waals surface area contributed by atoms with Gasteiger partial charge in [-0.1, -0.05) is 25.5 Å². The van der Waals surface area contributed by atoms with E-state index in [0.29, 0.717) is 24.2 Å². The van der Waals surface area contributed by atoms with Crippen LogP contribution in [-0.2, 0) is 28.6 Å². The maximum absolute atomic E-state index is 12.0. The quantitative estimate of drug-likeness (QED) is 0.362. The van der Waals surface area contributed by atoms with Crippen molar-refractivity contribution < 1.29 is 33.7 Å². The van der Waals surface area contributed by atoms with Gasteiger partial charge < -0.3 is 19.3 Å². The number of esters is 3. The van der Waals surface area contributed by atoms with Crippen molar-refractivity contribution in [3.63, 3.8) is 0 Å². The number of carbonyl (C=O) groups is 3. The highest BCUT2D eigenvalue weighted by Crippen LogP contribution is 2.67. The molecule has 34 heavy (non-hydrogen) atoms. The number of allylic oxidation sites excluding steroid dienone is 1. The highest BCUT2D eigenvalue weighted by molar-refractivity contribution is 5.67. The van der Waals surface area contributed by atoms with Gasteiger partial charge >= 0.3 is 17.9 Å². The minimum Gasteiger partial charge on any atom is -0.462 e. The molecule has 190 valence electrons. The first-order valence-electron chi connectivity index (χ1n) is 12.8. The number of fused-ring (bicyclic) bond motifs is 5. The molecule has 4 aliphatic rings. The molecule has 3 saturated carbocycles. The molecular weight excluding hydrogens is 436 g/mol. The third-order valence-electron chi connectivity index (χ3n) is 9.89. The van der Waals surface area contributed by atoms with Crippen LogP contribution < -0.4 is 0 Å². The number of hydrogen-bond acceptors (Lipinski definition) is 7. The summed E-state index contributed by atoms with van der Waals surface area (Å²) in [6.45, 7) is 8.53. The van der Waals surface area contributed by atoms with Crippen LogP contribution in [0.2, 0.25) is 0 Å². The standard InChI is InChI=1S/C27H40O7/c1-16(28)32-15-24(34-18(3)30)27(31)13-10-23-21-7-6-19-14-20(33-17(2)29)8-11-25(19,4)22(21)9-12-26(23,27)5/h6,20-24,31H,7-15H2,1-5H3. The molecule has 4 aliphatic carbocycles. The van der Waals surface area contributed by atoms with Crippen molar-refractivity contribution in [2.75, 3.05) is 6.61 Å². The zero-order valence-corrected chi connectivity index (χ0v) is 21.2. The Balaban J connectivity index is 1.58. The Hall–Kier alpha value is -1.89. The molecule has 8 atom stereocenters. The van der Waals surface area contributed by atoms with E-state index >= 15 is 0 Å². The maximum atomic E-state index is 12.0. The number of aliphatic hydroxyl groups is 1. The van der Waals surface area contributed by atoms with Gasteiger partial charge in [0.1, 0.15) is 18.3 Å². The van der Waals surface area contributed by atoms with Crippen LogP contribution in [0.15, 0.2) is 11.6 Å². The van der Waals surface area contributed by atoms with E-state index in [1.807, 2.05) is 0 Å². The molecular formula is C27H40O7. The van der Waals surface area contributed by atoms with Gasteiger partial charge in [0.25, 0.3) is 0 Å². The molecule has 0 saturated heterocycles. The largest absolute Gasteiger partial charge is 0.462 e. The van der Waals surface area contributed by atoms with E-state index in [2.05, 4.69) is 19.9 Å². The highest BCUT2D eigenvalue weighted by Gasteiger charge is 2.66. The molecule has 0 aliphatic heterocycles. The fourth-order valence-corrected chi connectivity index (χ4v) is 8.21. The zero-order chi connectivity index (χ0) is 24.9. The Bertz CT molecular complexity index is 880. The summed E-state index contributed by atoms with van der Waals surface area (Å²) in [4.78, 5) is 34.8. The van der Waals surface area contributed by atoms with Crippen LogP contribution in [0, 0.1) is 28.6 Å². The van der Waals surface area contributed by atoms with Crippen LogP contribution >= 0.6 is 0 Å². The average Bonchev–Trinajstić information content (AvgIpc) is 3.02. The maximum Gasteiger partial charge on any atom is 0.303 e. The molecule has 8 unspecified atom stereocenters. The second-order valence-corrected chi connectivity index (χ2v) is 11.6. The van der Waals surface area contributed by atoms with Crippen LogP contribution in [0.3, 0.4) is 0 Å². The minimum atomic E-state index is -1.23. The van der Waals surface area contributed by atoms with E-state index in [-0.39, 0.29) is 24.1 Å². The average molecular weight is 477 g/mol. The number of hydrogen-bond donors (Lipinski definition) is 1. The lowest BCUT2D eigenvalue weighted by molar-refractivity contribution is -0.206. The molecule has 1 N–H and O–H groups in total. The third-order valence-corrected chi connectivity index (χ3v) is 9.89. The van der Waals surface area contributed by atoms with Crippen LogP contribution in [0.4, 0.5) is 0 Å².